The minimum Gasteiger partial charge on any atom is -0.466 e. The Kier molecular flexibility index (Phi) is 5.35. The third kappa shape index (κ3) is 4.61. The van der Waals surface area contributed by atoms with E-state index in [1.54, 1.807) is 6.92 Å². The highest BCUT2D eigenvalue weighted by Crippen LogP contribution is 2.23. The van der Waals surface area contributed by atoms with Gasteiger partial charge in [-0.15, -0.1) is 0 Å². The number of hydrogen-bond acceptors (Lipinski definition) is 4. The van der Waals surface area contributed by atoms with Crippen LogP contribution in [-0.4, -0.2) is 12.6 Å². The average Bonchev–Trinajstić information content (AvgIpc) is 2.49. The Hall–Kier alpha value is -2.33. The summed E-state index contributed by atoms with van der Waals surface area (Å²) in [5.74, 6) is 1.23. The van der Waals surface area contributed by atoms with E-state index in [9.17, 15) is 4.79 Å². The molecule has 0 saturated carbocycles. The molecule has 21 heavy (non-hydrogen) atoms. The van der Waals surface area contributed by atoms with Crippen LogP contribution in [0, 0.1) is 0 Å². The molecule has 0 aromatic heterocycles. The van der Waals surface area contributed by atoms with Gasteiger partial charge in [-0.05, 0) is 36.8 Å². The normalized spacial score (nSPS) is 11.7. The Labute approximate surface area is 124 Å². The lowest BCUT2D eigenvalue weighted by Crippen LogP contribution is -2.17. The summed E-state index contributed by atoms with van der Waals surface area (Å²) in [4.78, 5) is 11.4. The summed E-state index contributed by atoms with van der Waals surface area (Å²) in [6.07, 6.45) is 0.173. The number of benzene rings is 2. The van der Waals surface area contributed by atoms with E-state index in [1.807, 2.05) is 54.6 Å². The first-order valence-electron chi connectivity index (χ1n) is 6.93. The van der Waals surface area contributed by atoms with Crippen molar-refractivity contribution in [3.63, 3.8) is 0 Å². The molecular weight excluding hydrogens is 266 g/mol. The molecule has 0 saturated heterocycles. The van der Waals surface area contributed by atoms with E-state index in [0.29, 0.717) is 6.61 Å². The van der Waals surface area contributed by atoms with Gasteiger partial charge < -0.3 is 15.2 Å². The van der Waals surface area contributed by atoms with Crippen LogP contribution in [0.3, 0.4) is 0 Å². The molecule has 0 heterocycles. The zero-order valence-electron chi connectivity index (χ0n) is 12.0. The van der Waals surface area contributed by atoms with Crippen molar-refractivity contribution in [1.82, 2.24) is 0 Å². The van der Waals surface area contributed by atoms with Crippen molar-refractivity contribution >= 4 is 5.97 Å². The molecule has 2 rings (SSSR count). The first-order chi connectivity index (χ1) is 10.2. The molecule has 2 aromatic rings. The van der Waals surface area contributed by atoms with Crippen LogP contribution in [0.25, 0.3) is 0 Å². The number of hydrogen-bond donors (Lipinski definition) is 1. The second-order valence-electron chi connectivity index (χ2n) is 4.60. The fourth-order valence-corrected chi connectivity index (χ4v) is 1.93. The average molecular weight is 285 g/mol. The number of carbonyl (C=O) groups is 1. The van der Waals surface area contributed by atoms with Gasteiger partial charge in [-0.3, -0.25) is 4.79 Å². The Morgan fingerprint density at radius 2 is 1.67 bits per heavy atom. The largest absolute Gasteiger partial charge is 0.466 e. The molecule has 0 radical (unpaired) electrons. The van der Waals surface area contributed by atoms with Crippen LogP contribution in [0.2, 0.25) is 0 Å². The van der Waals surface area contributed by atoms with Crippen molar-refractivity contribution in [1.29, 1.82) is 0 Å². The molecule has 4 nitrogen and oxygen atoms in total. The van der Waals surface area contributed by atoms with Crippen LogP contribution in [0.5, 0.6) is 11.5 Å². The second-order valence-corrected chi connectivity index (χ2v) is 4.60. The predicted molar refractivity (Wildman–Crippen MR) is 81.1 cm³/mol. The van der Waals surface area contributed by atoms with Crippen LogP contribution in [0.15, 0.2) is 54.6 Å². The minimum atomic E-state index is -0.366. The molecule has 110 valence electrons. The van der Waals surface area contributed by atoms with Crippen LogP contribution in [-0.2, 0) is 9.53 Å². The smallest absolute Gasteiger partial charge is 0.307 e. The number of carbonyl (C=O) groups excluding carboxylic acids is 1. The maximum absolute atomic E-state index is 11.4. The number of esters is 1. The van der Waals surface area contributed by atoms with E-state index >= 15 is 0 Å². The highest BCUT2D eigenvalue weighted by molar-refractivity contribution is 5.70. The third-order valence-electron chi connectivity index (χ3n) is 2.98. The maximum Gasteiger partial charge on any atom is 0.307 e. The highest BCUT2D eigenvalue weighted by atomic mass is 16.5. The van der Waals surface area contributed by atoms with Gasteiger partial charge in [0, 0.05) is 6.04 Å². The SMILES string of the molecule is CCOC(=O)CC(N)c1ccc(Oc2ccccc2)cc1. The van der Waals surface area contributed by atoms with Crippen molar-refractivity contribution in [3.05, 3.63) is 60.2 Å². The monoisotopic (exact) mass is 285 g/mol. The summed E-state index contributed by atoms with van der Waals surface area (Å²) in [6.45, 7) is 2.15. The fraction of sp³-hybridized carbons (Fsp3) is 0.235. The minimum absolute atomic E-state index is 0.173. The lowest BCUT2D eigenvalue weighted by Gasteiger charge is -2.12. The topological polar surface area (TPSA) is 61.5 Å². The first-order valence-corrected chi connectivity index (χ1v) is 6.93. The van der Waals surface area contributed by atoms with E-state index in [4.69, 9.17) is 15.2 Å². The molecule has 2 aromatic carbocycles. The van der Waals surface area contributed by atoms with Crippen molar-refractivity contribution < 1.29 is 14.3 Å². The molecule has 0 amide bonds. The van der Waals surface area contributed by atoms with E-state index in [0.717, 1.165) is 17.1 Å². The molecule has 0 aliphatic rings. The number of ether oxygens (including phenoxy) is 2. The molecule has 4 heteroatoms. The predicted octanol–water partition coefficient (Wildman–Crippen LogP) is 3.43. The molecule has 1 unspecified atom stereocenters. The standard InChI is InChI=1S/C17H19NO3/c1-2-20-17(19)12-16(18)13-8-10-15(11-9-13)21-14-6-4-3-5-7-14/h3-11,16H,2,12,18H2,1H3. The van der Waals surface area contributed by atoms with Gasteiger partial charge in [0.05, 0.1) is 13.0 Å². The van der Waals surface area contributed by atoms with Gasteiger partial charge in [-0.25, -0.2) is 0 Å². The van der Waals surface area contributed by atoms with Crippen LogP contribution >= 0.6 is 0 Å². The van der Waals surface area contributed by atoms with Crippen LogP contribution < -0.4 is 10.5 Å². The molecule has 1 atom stereocenters. The van der Waals surface area contributed by atoms with Crippen molar-refractivity contribution in [2.45, 2.75) is 19.4 Å². The van der Waals surface area contributed by atoms with Crippen molar-refractivity contribution in [2.75, 3.05) is 6.61 Å². The Bertz CT molecular complexity index is 566. The van der Waals surface area contributed by atoms with Gasteiger partial charge in [-0.1, -0.05) is 30.3 Å². The summed E-state index contributed by atoms with van der Waals surface area (Å²) >= 11 is 0. The fourth-order valence-electron chi connectivity index (χ4n) is 1.93. The Balaban J connectivity index is 1.97. The third-order valence-corrected chi connectivity index (χ3v) is 2.98. The highest BCUT2D eigenvalue weighted by Gasteiger charge is 2.12. The summed E-state index contributed by atoms with van der Waals surface area (Å²) in [5, 5.41) is 0. The van der Waals surface area contributed by atoms with Gasteiger partial charge >= 0.3 is 5.97 Å². The van der Waals surface area contributed by atoms with Gasteiger partial charge in [0.1, 0.15) is 11.5 Å². The summed E-state index contributed by atoms with van der Waals surface area (Å²) in [5.41, 5.74) is 6.87. The summed E-state index contributed by atoms with van der Waals surface area (Å²) in [6, 6.07) is 16.6. The molecule has 0 spiro atoms. The molecule has 2 N–H and O–H groups in total. The van der Waals surface area contributed by atoms with Gasteiger partial charge in [0.15, 0.2) is 0 Å². The molecule has 0 aliphatic carbocycles. The molecule has 0 bridgehead atoms. The number of nitrogens with two attached hydrogens (primary N) is 1. The molecular formula is C17H19NO3. The Morgan fingerprint density at radius 1 is 1.05 bits per heavy atom. The van der Waals surface area contributed by atoms with Crippen molar-refractivity contribution in [2.24, 2.45) is 5.73 Å². The van der Waals surface area contributed by atoms with Crippen LogP contribution in [0.1, 0.15) is 24.9 Å². The Morgan fingerprint density at radius 3 is 2.29 bits per heavy atom. The van der Waals surface area contributed by atoms with E-state index in [1.165, 1.54) is 0 Å². The maximum atomic E-state index is 11.4. The summed E-state index contributed by atoms with van der Waals surface area (Å²) in [7, 11) is 0. The van der Waals surface area contributed by atoms with E-state index < -0.39 is 0 Å². The van der Waals surface area contributed by atoms with E-state index in [-0.39, 0.29) is 18.4 Å². The zero-order chi connectivity index (χ0) is 15.1. The summed E-state index contributed by atoms with van der Waals surface area (Å²) < 4.78 is 10.6. The van der Waals surface area contributed by atoms with E-state index in [2.05, 4.69) is 0 Å². The number of rotatable bonds is 6. The lowest BCUT2D eigenvalue weighted by molar-refractivity contribution is -0.143. The van der Waals surface area contributed by atoms with Gasteiger partial charge in [-0.2, -0.15) is 0 Å². The molecule has 0 aliphatic heterocycles. The lowest BCUT2D eigenvalue weighted by atomic mass is 10.0. The van der Waals surface area contributed by atoms with Gasteiger partial charge in [0.25, 0.3) is 0 Å². The quantitative estimate of drug-likeness (QED) is 0.826. The van der Waals surface area contributed by atoms with Crippen molar-refractivity contribution in [3.8, 4) is 11.5 Å². The molecule has 0 fully saturated rings. The zero-order valence-corrected chi connectivity index (χ0v) is 12.0. The van der Waals surface area contributed by atoms with Crippen LogP contribution in [0.4, 0.5) is 0 Å². The first kappa shape index (κ1) is 15.1. The van der Waals surface area contributed by atoms with Gasteiger partial charge in [0.2, 0.25) is 0 Å². The number of para-hydroxylation sites is 1. The second kappa shape index (κ2) is 7.45.